The van der Waals surface area contributed by atoms with E-state index in [2.05, 4.69) is 51.2 Å². The lowest BCUT2D eigenvalue weighted by atomic mass is 9.60. The lowest BCUT2D eigenvalue weighted by Gasteiger charge is -2.44. The second-order valence-corrected chi connectivity index (χ2v) is 11.9. The van der Waals surface area contributed by atoms with Crippen LogP contribution in [-0.4, -0.2) is 47.9 Å². The molecule has 0 aromatic carbocycles. The van der Waals surface area contributed by atoms with Crippen LogP contribution in [-0.2, 0) is 4.74 Å². The highest BCUT2D eigenvalue weighted by atomic mass is 16.5. The fraction of sp³-hybridized carbons (Fsp3) is 0.806. The molecule has 3 aliphatic rings. The van der Waals surface area contributed by atoms with Crippen LogP contribution in [0, 0.1) is 29.1 Å². The van der Waals surface area contributed by atoms with Crippen LogP contribution in [0.25, 0.3) is 0 Å². The molecule has 4 heteroatoms. The van der Waals surface area contributed by atoms with Crippen molar-refractivity contribution in [3.8, 4) is 0 Å². The highest BCUT2D eigenvalue weighted by Crippen LogP contribution is 2.59. The fourth-order valence-electron chi connectivity index (χ4n) is 6.89. The molecule has 35 heavy (non-hydrogen) atoms. The highest BCUT2D eigenvalue weighted by molar-refractivity contribution is 5.36. The molecule has 0 heterocycles. The molecule has 0 radical (unpaired) electrons. The lowest BCUT2D eigenvalue weighted by Crippen LogP contribution is -2.36. The number of fused-ring (bicyclic) bond motifs is 1. The minimum absolute atomic E-state index is 0.0278. The first-order valence-corrected chi connectivity index (χ1v) is 14.3. The van der Waals surface area contributed by atoms with Crippen molar-refractivity contribution in [1.82, 2.24) is 0 Å². The zero-order chi connectivity index (χ0) is 25.8. The van der Waals surface area contributed by atoms with E-state index in [-0.39, 0.29) is 19.3 Å². The predicted molar refractivity (Wildman–Crippen MR) is 146 cm³/mol. The average Bonchev–Trinajstić information content (AvgIpc) is 3.18. The smallest absolute Gasteiger partial charge is 0.0698 e. The van der Waals surface area contributed by atoms with E-state index in [4.69, 9.17) is 10.2 Å². The van der Waals surface area contributed by atoms with Gasteiger partial charge in [0.05, 0.1) is 32.5 Å². The maximum atomic E-state index is 10.0. The Bertz CT molecular complexity index is 690. The van der Waals surface area contributed by atoms with Gasteiger partial charge in [-0.1, -0.05) is 76.8 Å². The largest absolute Gasteiger partial charge is 0.394 e. The van der Waals surface area contributed by atoms with E-state index < -0.39 is 0 Å². The Morgan fingerprint density at radius 1 is 1.03 bits per heavy atom. The van der Waals surface area contributed by atoms with Crippen molar-refractivity contribution in [3.05, 3.63) is 35.5 Å². The normalized spacial score (nSPS) is 32.0. The fourth-order valence-corrected chi connectivity index (χ4v) is 6.89. The van der Waals surface area contributed by atoms with Gasteiger partial charge >= 0.3 is 0 Å². The van der Waals surface area contributed by atoms with E-state index in [9.17, 15) is 5.11 Å². The topological polar surface area (TPSA) is 69.9 Å². The van der Waals surface area contributed by atoms with Crippen molar-refractivity contribution in [2.45, 2.75) is 104 Å². The third-order valence-corrected chi connectivity index (χ3v) is 8.82. The summed E-state index contributed by atoms with van der Waals surface area (Å²) in [5, 5.41) is 26.2. The summed E-state index contributed by atoms with van der Waals surface area (Å²) in [4.78, 5) is 0. The summed E-state index contributed by atoms with van der Waals surface area (Å²) < 4.78 is 4.63. The molecule has 0 aliphatic heterocycles. The molecule has 0 bridgehead atoms. The first-order valence-electron chi connectivity index (χ1n) is 14.3. The second-order valence-electron chi connectivity index (χ2n) is 11.9. The Morgan fingerprint density at radius 2 is 1.74 bits per heavy atom. The lowest BCUT2D eigenvalue weighted by molar-refractivity contribution is 0.0650. The van der Waals surface area contributed by atoms with E-state index in [0.29, 0.717) is 18.6 Å². The SMILES string of the molecule is C=C1CC[C@H](O)C/C1=C/C=C1\CCC[C@]2(C)[C@@H]([C@H](C)CCCC(C)C)CC[C@@H]12.OCCOCCO. The molecule has 0 spiro atoms. The Hall–Kier alpha value is -0.940. The number of hydrogen-bond acceptors (Lipinski definition) is 4. The van der Waals surface area contributed by atoms with Crippen LogP contribution in [0.4, 0.5) is 0 Å². The Balaban J connectivity index is 0.000000540. The predicted octanol–water partition coefficient (Wildman–Crippen LogP) is 6.61. The summed E-state index contributed by atoms with van der Waals surface area (Å²) in [5.74, 6) is 3.37. The van der Waals surface area contributed by atoms with Gasteiger partial charge in [0.25, 0.3) is 0 Å². The van der Waals surface area contributed by atoms with Crippen LogP contribution >= 0.6 is 0 Å². The first-order chi connectivity index (χ1) is 16.7. The summed E-state index contributed by atoms with van der Waals surface area (Å²) in [6, 6.07) is 0. The van der Waals surface area contributed by atoms with Gasteiger partial charge in [-0.3, -0.25) is 0 Å². The van der Waals surface area contributed by atoms with Crippen molar-refractivity contribution in [2.24, 2.45) is 29.1 Å². The molecule has 3 rings (SSSR count). The molecular weight excluding hydrogens is 436 g/mol. The number of hydrogen-bond donors (Lipinski definition) is 3. The van der Waals surface area contributed by atoms with Gasteiger partial charge in [-0.2, -0.15) is 0 Å². The van der Waals surface area contributed by atoms with Gasteiger partial charge in [-0.25, -0.2) is 0 Å². The minimum Gasteiger partial charge on any atom is -0.394 e. The van der Waals surface area contributed by atoms with Gasteiger partial charge in [0.2, 0.25) is 0 Å². The third-order valence-electron chi connectivity index (χ3n) is 8.82. The van der Waals surface area contributed by atoms with Gasteiger partial charge in [0, 0.05) is 0 Å². The van der Waals surface area contributed by atoms with E-state index in [1.54, 1.807) is 5.57 Å². The van der Waals surface area contributed by atoms with Crippen molar-refractivity contribution in [1.29, 1.82) is 0 Å². The molecule has 0 amide bonds. The molecule has 3 N–H and O–H groups in total. The van der Waals surface area contributed by atoms with Crippen LogP contribution in [0.15, 0.2) is 35.5 Å². The van der Waals surface area contributed by atoms with Crippen LogP contribution in [0.5, 0.6) is 0 Å². The quantitative estimate of drug-likeness (QED) is 0.302. The molecule has 5 atom stereocenters. The van der Waals surface area contributed by atoms with Gasteiger partial charge in [0.1, 0.15) is 0 Å². The van der Waals surface area contributed by atoms with Crippen LogP contribution in [0.1, 0.15) is 98.3 Å². The third kappa shape index (κ3) is 9.14. The van der Waals surface area contributed by atoms with Crippen molar-refractivity contribution in [2.75, 3.05) is 26.4 Å². The summed E-state index contributed by atoms with van der Waals surface area (Å²) in [6.45, 7) is 14.8. The highest BCUT2D eigenvalue weighted by Gasteiger charge is 2.50. The van der Waals surface area contributed by atoms with Crippen molar-refractivity contribution >= 4 is 0 Å². The summed E-state index contributed by atoms with van der Waals surface area (Å²) in [5.41, 5.74) is 4.72. The number of allylic oxidation sites excluding steroid dienone is 4. The maximum absolute atomic E-state index is 10.0. The van der Waals surface area contributed by atoms with Crippen LogP contribution < -0.4 is 0 Å². The van der Waals surface area contributed by atoms with Crippen molar-refractivity contribution < 1.29 is 20.1 Å². The molecule has 0 aromatic heterocycles. The zero-order valence-electron chi connectivity index (χ0n) is 23.1. The molecule has 0 unspecified atom stereocenters. The molecule has 3 saturated carbocycles. The van der Waals surface area contributed by atoms with Gasteiger partial charge in [-0.05, 0) is 86.0 Å². The zero-order valence-corrected chi connectivity index (χ0v) is 23.1. The van der Waals surface area contributed by atoms with Crippen molar-refractivity contribution in [3.63, 3.8) is 0 Å². The van der Waals surface area contributed by atoms with Crippen LogP contribution in [0.2, 0.25) is 0 Å². The van der Waals surface area contributed by atoms with Gasteiger partial charge in [0.15, 0.2) is 0 Å². The molecular formula is C31H54O4. The Morgan fingerprint density at radius 3 is 2.40 bits per heavy atom. The van der Waals surface area contributed by atoms with Gasteiger partial charge < -0.3 is 20.1 Å². The monoisotopic (exact) mass is 490 g/mol. The van der Waals surface area contributed by atoms with E-state index in [1.807, 2.05) is 0 Å². The summed E-state index contributed by atoms with van der Waals surface area (Å²) in [6.07, 6.45) is 18.2. The van der Waals surface area contributed by atoms with E-state index >= 15 is 0 Å². The number of aliphatic hydroxyl groups excluding tert-OH is 3. The van der Waals surface area contributed by atoms with E-state index in [0.717, 1.165) is 42.9 Å². The Labute approximate surface area is 215 Å². The standard InChI is InChI=1S/C27H44O.C4H10O3/c1-19(2)8-6-9-21(4)25-15-16-26-22(10-7-17-27(25,26)5)12-13-23-18-24(28)14-11-20(23)3;5-1-3-7-4-2-6/h12-13,19,21,24-26,28H,3,6-11,14-18H2,1-2,4-5H3;5-6H,1-4H2/b22-12+,23-13-;/t21-,24+,25-,26+,27-;/m1./s1. The molecule has 0 saturated heterocycles. The molecule has 3 aliphatic carbocycles. The number of rotatable bonds is 10. The summed E-state index contributed by atoms with van der Waals surface area (Å²) >= 11 is 0. The molecule has 0 aromatic rings. The second kappa shape index (κ2) is 15.3. The first kappa shape index (κ1) is 30.3. The summed E-state index contributed by atoms with van der Waals surface area (Å²) in [7, 11) is 0. The number of aliphatic hydroxyl groups is 3. The van der Waals surface area contributed by atoms with Gasteiger partial charge in [-0.15, -0.1) is 0 Å². The van der Waals surface area contributed by atoms with Crippen LogP contribution in [0.3, 0.4) is 0 Å². The Kier molecular flexibility index (Phi) is 13.3. The molecule has 3 fully saturated rings. The number of ether oxygens (including phenoxy) is 1. The molecule has 4 nitrogen and oxygen atoms in total. The van der Waals surface area contributed by atoms with E-state index in [1.165, 1.54) is 62.5 Å². The average molecular weight is 491 g/mol. The molecule has 202 valence electrons. The maximum Gasteiger partial charge on any atom is 0.0698 e. The minimum atomic E-state index is -0.172.